The fraction of sp³-hybridized carbons (Fsp3) is 0.500. The van der Waals surface area contributed by atoms with E-state index in [1.807, 2.05) is 13.8 Å². The largest absolute Gasteiger partial charge is 0.373 e. The van der Waals surface area contributed by atoms with Crippen LogP contribution in [0.2, 0.25) is 0 Å². The molecule has 2 rings (SSSR count). The summed E-state index contributed by atoms with van der Waals surface area (Å²) in [5, 5.41) is 0. The van der Waals surface area contributed by atoms with Crippen molar-refractivity contribution in [2.45, 2.75) is 31.0 Å². The van der Waals surface area contributed by atoms with Gasteiger partial charge in [-0.3, -0.25) is 0 Å². The van der Waals surface area contributed by atoms with Crippen molar-refractivity contribution < 1.29 is 13.2 Å². The molecule has 1 heterocycles. The fourth-order valence-corrected chi connectivity index (χ4v) is 3.94. The van der Waals surface area contributed by atoms with Crippen LogP contribution in [0.1, 0.15) is 13.8 Å². The van der Waals surface area contributed by atoms with E-state index in [0.29, 0.717) is 18.0 Å². The van der Waals surface area contributed by atoms with Crippen molar-refractivity contribution in [3.63, 3.8) is 0 Å². The summed E-state index contributed by atoms with van der Waals surface area (Å²) in [4.78, 5) is 0.326. The van der Waals surface area contributed by atoms with Crippen molar-refractivity contribution in [3.8, 4) is 0 Å². The topological polar surface area (TPSA) is 46.6 Å². The maximum absolute atomic E-state index is 12.4. The van der Waals surface area contributed by atoms with Gasteiger partial charge in [0.25, 0.3) is 0 Å². The zero-order valence-corrected chi connectivity index (χ0v) is 12.7. The first-order valence-electron chi connectivity index (χ1n) is 5.81. The normalized spacial score (nSPS) is 26.2. The Bertz CT molecular complexity index is 505. The number of rotatable bonds is 2. The van der Waals surface area contributed by atoms with E-state index in [-0.39, 0.29) is 12.2 Å². The number of halogens is 1. The molecule has 1 aromatic carbocycles. The molecule has 100 valence electrons. The quantitative estimate of drug-likeness (QED) is 0.833. The van der Waals surface area contributed by atoms with E-state index in [4.69, 9.17) is 4.74 Å². The summed E-state index contributed by atoms with van der Waals surface area (Å²) in [5.41, 5.74) is 0. The number of ether oxygens (including phenoxy) is 1. The number of hydrogen-bond acceptors (Lipinski definition) is 3. The molecule has 0 radical (unpaired) electrons. The minimum Gasteiger partial charge on any atom is -0.373 e. The summed E-state index contributed by atoms with van der Waals surface area (Å²) < 4.78 is 32.8. The predicted molar refractivity (Wildman–Crippen MR) is 72.9 cm³/mol. The van der Waals surface area contributed by atoms with Crippen LogP contribution in [0.4, 0.5) is 0 Å². The lowest BCUT2D eigenvalue weighted by atomic mass is 10.3. The van der Waals surface area contributed by atoms with E-state index >= 15 is 0 Å². The summed E-state index contributed by atoms with van der Waals surface area (Å²) in [6.07, 6.45) is -0.141. The monoisotopic (exact) mass is 333 g/mol. The minimum atomic E-state index is -3.41. The van der Waals surface area contributed by atoms with E-state index < -0.39 is 10.0 Å². The summed E-state index contributed by atoms with van der Waals surface area (Å²) in [5.74, 6) is 0. The number of sulfonamides is 1. The Balaban J connectivity index is 2.28. The van der Waals surface area contributed by atoms with Gasteiger partial charge in [0.2, 0.25) is 10.0 Å². The minimum absolute atomic E-state index is 0.0704. The van der Waals surface area contributed by atoms with Crippen LogP contribution in [0.5, 0.6) is 0 Å². The van der Waals surface area contributed by atoms with Gasteiger partial charge in [-0.2, -0.15) is 4.31 Å². The number of morpholine rings is 1. The maximum atomic E-state index is 12.4. The Labute approximate surface area is 116 Å². The molecule has 0 amide bonds. The van der Waals surface area contributed by atoms with Crippen molar-refractivity contribution >= 4 is 26.0 Å². The third kappa shape index (κ3) is 2.93. The van der Waals surface area contributed by atoms with Gasteiger partial charge in [-0.05, 0) is 38.1 Å². The number of hydrogen-bond donors (Lipinski definition) is 0. The molecule has 1 aliphatic heterocycles. The molecule has 1 saturated heterocycles. The van der Waals surface area contributed by atoms with Crippen LogP contribution in [0.15, 0.2) is 33.6 Å². The maximum Gasteiger partial charge on any atom is 0.243 e. The zero-order chi connectivity index (χ0) is 13.3. The molecule has 1 aliphatic rings. The average molecular weight is 334 g/mol. The van der Waals surface area contributed by atoms with Crippen LogP contribution in [0, 0.1) is 0 Å². The second kappa shape index (κ2) is 5.28. The van der Waals surface area contributed by atoms with E-state index in [1.165, 1.54) is 4.31 Å². The first kappa shape index (κ1) is 14.0. The molecular weight excluding hydrogens is 318 g/mol. The Hall–Kier alpha value is -0.430. The molecule has 1 aromatic rings. The van der Waals surface area contributed by atoms with Crippen LogP contribution in [0.3, 0.4) is 0 Å². The first-order chi connectivity index (χ1) is 8.39. The highest BCUT2D eigenvalue weighted by molar-refractivity contribution is 9.10. The van der Waals surface area contributed by atoms with Gasteiger partial charge in [-0.1, -0.05) is 15.9 Å². The van der Waals surface area contributed by atoms with Gasteiger partial charge in [0.15, 0.2) is 0 Å². The van der Waals surface area contributed by atoms with Crippen LogP contribution in [-0.4, -0.2) is 38.0 Å². The van der Waals surface area contributed by atoms with Gasteiger partial charge in [-0.25, -0.2) is 8.42 Å². The molecule has 4 nitrogen and oxygen atoms in total. The Morgan fingerprint density at radius 2 is 1.67 bits per heavy atom. The third-order valence-corrected chi connectivity index (χ3v) is 5.21. The second-order valence-corrected chi connectivity index (χ2v) is 7.39. The third-order valence-electron chi connectivity index (χ3n) is 2.84. The van der Waals surface area contributed by atoms with E-state index in [0.717, 1.165) is 4.47 Å². The predicted octanol–water partition coefficient (Wildman–Crippen LogP) is 2.25. The van der Waals surface area contributed by atoms with Crippen molar-refractivity contribution in [3.05, 3.63) is 28.7 Å². The van der Waals surface area contributed by atoms with Crippen molar-refractivity contribution in [1.82, 2.24) is 4.31 Å². The SMILES string of the molecule is C[C@H]1CN(S(=O)(=O)c2ccc(Br)cc2)C[C@H](C)O1. The van der Waals surface area contributed by atoms with Crippen LogP contribution >= 0.6 is 15.9 Å². The summed E-state index contributed by atoms with van der Waals surface area (Å²) in [6.45, 7) is 4.59. The lowest BCUT2D eigenvalue weighted by Crippen LogP contribution is -2.48. The molecule has 2 atom stereocenters. The van der Waals surface area contributed by atoms with Crippen LogP contribution in [0.25, 0.3) is 0 Å². The highest BCUT2D eigenvalue weighted by Crippen LogP contribution is 2.22. The Morgan fingerprint density at radius 1 is 1.17 bits per heavy atom. The van der Waals surface area contributed by atoms with Crippen molar-refractivity contribution in [2.24, 2.45) is 0 Å². The Morgan fingerprint density at radius 3 is 2.17 bits per heavy atom. The van der Waals surface area contributed by atoms with E-state index in [9.17, 15) is 8.42 Å². The lowest BCUT2D eigenvalue weighted by Gasteiger charge is -2.34. The molecule has 6 heteroatoms. The summed E-state index contributed by atoms with van der Waals surface area (Å²) >= 11 is 3.30. The van der Waals surface area contributed by atoms with Gasteiger partial charge >= 0.3 is 0 Å². The van der Waals surface area contributed by atoms with E-state index in [1.54, 1.807) is 24.3 Å². The molecule has 0 bridgehead atoms. The molecule has 0 unspecified atom stereocenters. The molecule has 0 N–H and O–H groups in total. The number of benzene rings is 1. The van der Waals surface area contributed by atoms with Crippen molar-refractivity contribution in [1.29, 1.82) is 0 Å². The molecular formula is C12H16BrNO3S. The van der Waals surface area contributed by atoms with Gasteiger partial charge < -0.3 is 4.74 Å². The standard InChI is InChI=1S/C12H16BrNO3S/c1-9-7-14(8-10(2)17-9)18(15,16)12-5-3-11(13)4-6-12/h3-6,9-10H,7-8H2,1-2H3/t9-,10-/m0/s1. The summed E-state index contributed by atoms with van der Waals surface area (Å²) in [7, 11) is -3.41. The molecule has 0 aromatic heterocycles. The summed E-state index contributed by atoms with van der Waals surface area (Å²) in [6, 6.07) is 6.70. The number of nitrogens with zero attached hydrogens (tertiary/aromatic N) is 1. The second-order valence-electron chi connectivity index (χ2n) is 4.53. The van der Waals surface area contributed by atoms with Gasteiger partial charge in [0, 0.05) is 17.6 Å². The highest BCUT2D eigenvalue weighted by atomic mass is 79.9. The van der Waals surface area contributed by atoms with Crippen LogP contribution in [-0.2, 0) is 14.8 Å². The van der Waals surface area contributed by atoms with Gasteiger partial charge in [0.05, 0.1) is 17.1 Å². The average Bonchev–Trinajstić information content (AvgIpc) is 2.28. The van der Waals surface area contributed by atoms with Gasteiger partial charge in [0.1, 0.15) is 0 Å². The van der Waals surface area contributed by atoms with Crippen LogP contribution < -0.4 is 0 Å². The molecule has 18 heavy (non-hydrogen) atoms. The fourth-order valence-electron chi connectivity index (χ4n) is 2.08. The van der Waals surface area contributed by atoms with Gasteiger partial charge in [-0.15, -0.1) is 0 Å². The smallest absolute Gasteiger partial charge is 0.243 e. The molecule has 0 saturated carbocycles. The van der Waals surface area contributed by atoms with Crippen molar-refractivity contribution in [2.75, 3.05) is 13.1 Å². The molecule has 0 aliphatic carbocycles. The van der Waals surface area contributed by atoms with E-state index in [2.05, 4.69) is 15.9 Å². The zero-order valence-electron chi connectivity index (χ0n) is 10.3. The molecule has 1 fully saturated rings. The lowest BCUT2D eigenvalue weighted by molar-refractivity contribution is -0.0440. The highest BCUT2D eigenvalue weighted by Gasteiger charge is 2.31. The Kier molecular flexibility index (Phi) is 4.11. The molecule has 0 spiro atoms. The first-order valence-corrected chi connectivity index (χ1v) is 8.04.